The van der Waals surface area contributed by atoms with E-state index in [-0.39, 0.29) is 29.3 Å². The molecule has 4 nitrogen and oxygen atoms in total. The predicted molar refractivity (Wildman–Crippen MR) is 266 cm³/mol. The minimum atomic E-state index is -0.0269. The summed E-state index contributed by atoms with van der Waals surface area (Å²) in [5, 5.41) is 12.4. The quantitative estimate of drug-likeness (QED) is 0.198. The number of aromatic nitrogens is 1. The minimum Gasteiger partial charge on any atom is -0.285 e. The molecule has 2 heterocycles. The second-order valence-corrected chi connectivity index (χ2v) is 20.8. The van der Waals surface area contributed by atoms with E-state index in [0.29, 0.717) is 35.5 Å². The number of rotatable bonds is 8. The van der Waals surface area contributed by atoms with Crippen LogP contribution >= 0.6 is 0 Å². The molecule has 2 aromatic carbocycles. The third kappa shape index (κ3) is 7.90. The van der Waals surface area contributed by atoms with Gasteiger partial charge in [-0.3, -0.25) is 20.9 Å². The van der Waals surface area contributed by atoms with E-state index in [9.17, 15) is 0 Å². The molecule has 8 aliphatic rings. The fourth-order valence-corrected chi connectivity index (χ4v) is 12.8. The summed E-state index contributed by atoms with van der Waals surface area (Å²) in [6, 6.07) is 25.0. The fourth-order valence-electron chi connectivity index (χ4n) is 12.8. The zero-order valence-corrected chi connectivity index (χ0v) is 38.1. The molecule has 11 rings (SSSR count). The molecule has 0 saturated carbocycles. The Bertz CT molecular complexity index is 2570. The van der Waals surface area contributed by atoms with Crippen molar-refractivity contribution in [2.75, 3.05) is 0 Å². The van der Waals surface area contributed by atoms with E-state index in [0.717, 1.165) is 50.6 Å². The highest BCUT2D eigenvalue weighted by Crippen LogP contribution is 2.57. The molecule has 0 spiro atoms. The third-order valence-corrected chi connectivity index (χ3v) is 16.4. The summed E-state index contributed by atoms with van der Waals surface area (Å²) < 4.78 is 0. The van der Waals surface area contributed by atoms with Gasteiger partial charge in [0.25, 0.3) is 0 Å². The first-order valence-electron chi connectivity index (χ1n) is 24.6. The molecule has 3 aromatic rings. The molecule has 7 aliphatic carbocycles. The van der Waals surface area contributed by atoms with Crippen LogP contribution in [0.1, 0.15) is 113 Å². The Balaban J connectivity index is 0.954. The maximum atomic E-state index is 5.52. The molecule has 1 saturated heterocycles. The van der Waals surface area contributed by atoms with Crippen LogP contribution in [-0.2, 0) is 5.41 Å². The van der Waals surface area contributed by atoms with Gasteiger partial charge < -0.3 is 0 Å². The fraction of sp³-hybridized carbons (Fsp3) is 0.383. The van der Waals surface area contributed by atoms with Crippen LogP contribution in [0.15, 0.2) is 181 Å². The summed E-state index contributed by atoms with van der Waals surface area (Å²) >= 11 is 0. The maximum Gasteiger partial charge on any atom is 0.0821 e. The van der Waals surface area contributed by atoms with Gasteiger partial charge in [-0.1, -0.05) is 184 Å². The summed E-state index contributed by atoms with van der Waals surface area (Å²) in [4.78, 5) is 5.52. The van der Waals surface area contributed by atoms with E-state index < -0.39 is 0 Å². The highest BCUT2D eigenvalue weighted by Gasteiger charge is 2.46. The number of hydrogen-bond donors (Lipinski definition) is 3. The number of nitrogens with one attached hydrogen (secondary N) is 3. The van der Waals surface area contributed by atoms with Gasteiger partial charge in [0.15, 0.2) is 0 Å². The Labute approximate surface area is 382 Å². The van der Waals surface area contributed by atoms with Gasteiger partial charge in [-0.05, 0) is 121 Å². The standard InChI is InChI=1S/C60H66N4/c1-59(2)52-28-15-14-27-49(52)50-32-29-44(37-53(50)59)51-36-46(57-62-56(42-23-12-6-13-24-42)63-58(64-57)60(3)33-16-7-17-34-60)30-31-48(51)43-25-18-26-45(35-43)55-39-47(40-19-8-4-9-20-40)38-54(61-55)41-21-10-5-11-22-41/h4-10,12-21,23,25,27-28,30-31,33,37-39,42-45,50-51,56-58,62-64H,11,22,24,26,29,32,34-36H2,1-3H3. The molecular formula is C60H66N4. The van der Waals surface area contributed by atoms with Crippen molar-refractivity contribution in [1.29, 1.82) is 0 Å². The molecule has 1 aliphatic heterocycles. The minimum absolute atomic E-state index is 0.0269. The molecule has 10 atom stereocenters. The van der Waals surface area contributed by atoms with E-state index in [1.54, 1.807) is 16.7 Å². The summed E-state index contributed by atoms with van der Waals surface area (Å²) in [6.07, 6.45) is 48.2. The van der Waals surface area contributed by atoms with Crippen molar-refractivity contribution in [2.24, 2.45) is 29.1 Å². The lowest BCUT2D eigenvalue weighted by atomic mass is 9.65. The number of benzene rings is 2. The summed E-state index contributed by atoms with van der Waals surface area (Å²) in [7, 11) is 0. The Morgan fingerprint density at radius 2 is 1.59 bits per heavy atom. The lowest BCUT2D eigenvalue weighted by Crippen LogP contribution is -2.72. The van der Waals surface area contributed by atoms with E-state index in [1.165, 1.54) is 46.4 Å². The summed E-state index contributed by atoms with van der Waals surface area (Å²) in [5.74, 6) is 2.54. The van der Waals surface area contributed by atoms with Crippen LogP contribution in [0, 0.1) is 29.1 Å². The third-order valence-electron chi connectivity index (χ3n) is 16.4. The summed E-state index contributed by atoms with van der Waals surface area (Å²) in [5.41, 5.74) is 14.1. The van der Waals surface area contributed by atoms with Gasteiger partial charge in [-0.2, -0.15) is 0 Å². The van der Waals surface area contributed by atoms with Crippen LogP contribution in [0.4, 0.5) is 0 Å². The van der Waals surface area contributed by atoms with Crippen LogP contribution in [0.5, 0.6) is 0 Å². The van der Waals surface area contributed by atoms with Crippen molar-refractivity contribution in [3.05, 3.63) is 203 Å². The normalized spacial score (nSPS) is 33.8. The van der Waals surface area contributed by atoms with Gasteiger partial charge in [0.1, 0.15) is 0 Å². The van der Waals surface area contributed by atoms with E-state index in [1.807, 2.05) is 0 Å². The molecule has 1 aromatic heterocycles. The molecule has 0 amide bonds. The van der Waals surface area contributed by atoms with E-state index >= 15 is 0 Å². The highest BCUT2D eigenvalue weighted by molar-refractivity contribution is 5.72. The summed E-state index contributed by atoms with van der Waals surface area (Å²) in [6.45, 7) is 7.38. The Morgan fingerprint density at radius 1 is 0.719 bits per heavy atom. The Kier molecular flexibility index (Phi) is 11.3. The predicted octanol–water partition coefficient (Wildman–Crippen LogP) is 13.2. The molecular weight excluding hydrogens is 777 g/mol. The first kappa shape index (κ1) is 41.6. The van der Waals surface area contributed by atoms with E-state index in [2.05, 4.69) is 201 Å². The Hall–Kier alpha value is -5.13. The van der Waals surface area contributed by atoms with Crippen molar-refractivity contribution in [2.45, 2.75) is 114 Å². The molecule has 3 N–H and O–H groups in total. The average Bonchev–Trinajstić information content (AvgIpc) is 3.59. The zero-order valence-electron chi connectivity index (χ0n) is 38.1. The maximum absolute atomic E-state index is 5.52. The topological polar surface area (TPSA) is 49.0 Å². The van der Waals surface area contributed by atoms with Crippen molar-refractivity contribution in [1.82, 2.24) is 20.9 Å². The molecule has 0 bridgehead atoms. The van der Waals surface area contributed by atoms with Crippen molar-refractivity contribution in [3.8, 4) is 11.1 Å². The molecule has 1 fully saturated rings. The van der Waals surface area contributed by atoms with Gasteiger partial charge >= 0.3 is 0 Å². The largest absolute Gasteiger partial charge is 0.285 e. The monoisotopic (exact) mass is 843 g/mol. The van der Waals surface area contributed by atoms with Gasteiger partial charge in [0, 0.05) is 34.3 Å². The SMILES string of the molecule is CC1(C)C2=CC(C3CC(C4NC(C5C=CC=CC5)NC(C5(C)C=CC=CC5)N4)=CC=C3C3C=CCC(c4cc(-c5ccccc5)cc(C5=CC=CCC5)n4)C3)CCC2c2ccccc21. The molecule has 0 radical (unpaired) electrons. The van der Waals surface area contributed by atoms with Gasteiger partial charge in [0.2, 0.25) is 0 Å². The molecule has 4 heteroatoms. The number of pyridine rings is 1. The van der Waals surface area contributed by atoms with Gasteiger partial charge in [0.05, 0.1) is 24.2 Å². The number of hydrogen-bond acceptors (Lipinski definition) is 4. The van der Waals surface area contributed by atoms with Gasteiger partial charge in [-0.25, -0.2) is 0 Å². The molecule has 64 heavy (non-hydrogen) atoms. The van der Waals surface area contributed by atoms with Crippen LogP contribution < -0.4 is 16.0 Å². The van der Waals surface area contributed by atoms with Crippen molar-refractivity contribution < 1.29 is 0 Å². The van der Waals surface area contributed by atoms with E-state index in [4.69, 9.17) is 4.98 Å². The second-order valence-electron chi connectivity index (χ2n) is 20.8. The first-order chi connectivity index (χ1) is 31.3. The average molecular weight is 843 g/mol. The second kappa shape index (κ2) is 17.3. The lowest BCUT2D eigenvalue weighted by Gasteiger charge is -2.49. The van der Waals surface area contributed by atoms with Gasteiger partial charge in [-0.15, -0.1) is 0 Å². The first-order valence-corrected chi connectivity index (χ1v) is 24.6. The van der Waals surface area contributed by atoms with Crippen molar-refractivity contribution in [3.63, 3.8) is 0 Å². The number of nitrogens with zero attached hydrogens (tertiary/aromatic N) is 1. The number of allylic oxidation sites excluding steroid dienone is 17. The van der Waals surface area contributed by atoms with Crippen LogP contribution in [0.25, 0.3) is 16.7 Å². The van der Waals surface area contributed by atoms with Crippen LogP contribution in [0.2, 0.25) is 0 Å². The Morgan fingerprint density at radius 3 is 2.42 bits per heavy atom. The zero-order chi connectivity index (χ0) is 43.3. The highest BCUT2D eigenvalue weighted by atomic mass is 15.4. The number of fused-ring (bicyclic) bond motifs is 3. The molecule has 10 unspecified atom stereocenters. The smallest absolute Gasteiger partial charge is 0.0821 e. The van der Waals surface area contributed by atoms with Crippen molar-refractivity contribution >= 4 is 5.57 Å². The van der Waals surface area contributed by atoms with Crippen LogP contribution in [0.3, 0.4) is 0 Å². The van der Waals surface area contributed by atoms with Crippen LogP contribution in [-0.4, -0.2) is 23.5 Å². The molecule has 326 valence electrons. The lowest BCUT2D eigenvalue weighted by molar-refractivity contribution is 0.114.